The number of allylic oxidation sites excluding steroid dienone is 4. The number of ketones is 2. The number of primary amides is 1. The van der Waals surface area contributed by atoms with E-state index in [4.69, 9.17) is 24.7 Å². The van der Waals surface area contributed by atoms with E-state index in [1.54, 1.807) is 27.2 Å². The molecule has 2 bridgehead atoms. The summed E-state index contributed by atoms with van der Waals surface area (Å²) < 4.78 is 22.9. The molecule has 0 spiro atoms. The highest BCUT2D eigenvalue weighted by molar-refractivity contribution is 6.22. The smallest absolute Gasteiger partial charge is 0.405 e. The monoisotopic (exact) mass is 560 g/mol. The summed E-state index contributed by atoms with van der Waals surface area (Å²) in [6, 6.07) is 0. The second-order valence-corrected chi connectivity index (χ2v) is 10.8. The minimum Gasteiger partial charge on any atom is -0.442 e. The molecule has 0 aromatic carbocycles. The van der Waals surface area contributed by atoms with Gasteiger partial charge < -0.3 is 30.0 Å². The lowest BCUT2D eigenvalue weighted by Gasteiger charge is -2.34. The Hall–Kier alpha value is -3.08. The number of Topliss-reactive ketones (excluding diaryl/α,β-unsaturated/α-hetero) is 1. The Labute approximate surface area is 237 Å². The fourth-order valence-electron chi connectivity index (χ4n) is 5.57. The van der Waals surface area contributed by atoms with Gasteiger partial charge in [0.05, 0.1) is 24.0 Å². The fourth-order valence-corrected chi connectivity index (χ4v) is 5.57. The molecule has 0 fully saturated rings. The van der Waals surface area contributed by atoms with Gasteiger partial charge in [-0.2, -0.15) is 0 Å². The van der Waals surface area contributed by atoms with Crippen molar-refractivity contribution in [2.45, 2.75) is 78.3 Å². The van der Waals surface area contributed by atoms with Crippen molar-refractivity contribution in [2.75, 3.05) is 21.3 Å². The van der Waals surface area contributed by atoms with Crippen LogP contribution in [0.5, 0.6) is 0 Å². The summed E-state index contributed by atoms with van der Waals surface area (Å²) in [4.78, 5) is 50.6. The molecule has 2 rings (SSSR count). The predicted octanol–water partition coefficient (Wildman–Crippen LogP) is 3.56. The quantitative estimate of drug-likeness (QED) is 0.392. The number of nitrogens with one attached hydrogen (secondary N) is 1. The third kappa shape index (κ3) is 8.46. The molecule has 7 atom stereocenters. The molecule has 10 nitrogen and oxygen atoms in total. The zero-order chi connectivity index (χ0) is 30.1. The Kier molecular flexibility index (Phi) is 12.5. The van der Waals surface area contributed by atoms with Crippen molar-refractivity contribution in [3.8, 4) is 0 Å². The van der Waals surface area contributed by atoms with Gasteiger partial charge in [-0.15, -0.1) is 0 Å². The van der Waals surface area contributed by atoms with Crippen molar-refractivity contribution < 1.29 is 38.1 Å². The van der Waals surface area contributed by atoms with Gasteiger partial charge in [-0.05, 0) is 56.6 Å². The van der Waals surface area contributed by atoms with E-state index < -0.39 is 41.9 Å². The van der Waals surface area contributed by atoms with Crippen LogP contribution in [0.25, 0.3) is 0 Å². The van der Waals surface area contributed by atoms with Crippen molar-refractivity contribution in [1.29, 1.82) is 0 Å². The van der Waals surface area contributed by atoms with Crippen LogP contribution in [-0.4, -0.2) is 69.3 Å². The van der Waals surface area contributed by atoms with Crippen LogP contribution in [0.15, 0.2) is 46.7 Å². The van der Waals surface area contributed by atoms with Gasteiger partial charge in [0.1, 0.15) is 6.10 Å². The molecule has 0 unspecified atom stereocenters. The second-order valence-electron chi connectivity index (χ2n) is 10.8. The van der Waals surface area contributed by atoms with Gasteiger partial charge in [-0.1, -0.05) is 32.9 Å². The van der Waals surface area contributed by atoms with E-state index in [1.807, 2.05) is 33.8 Å². The molecular formula is C30H44N2O8. The molecule has 0 aromatic rings. The topological polar surface area (TPSA) is 143 Å². The van der Waals surface area contributed by atoms with Crippen molar-refractivity contribution in [3.05, 3.63) is 46.7 Å². The van der Waals surface area contributed by atoms with Gasteiger partial charge in [0, 0.05) is 44.5 Å². The molecule has 40 heavy (non-hydrogen) atoms. The number of ether oxygens (including phenoxy) is 4. The molecule has 0 aromatic heterocycles. The number of amides is 2. The van der Waals surface area contributed by atoms with Crippen LogP contribution in [0.2, 0.25) is 0 Å². The van der Waals surface area contributed by atoms with Crippen molar-refractivity contribution in [2.24, 2.45) is 23.5 Å². The lowest BCUT2D eigenvalue weighted by Crippen LogP contribution is -2.40. The standard InChI is InChI=1S/C30H44N2O8/c1-16-10-9-11-17(2)29(35)32-23-15-21(33)14-22(25(23)34)27(38-7)20(5)13-24(37-6)28(39-8)19(4)12-18(3)26(16)40-30(31)36/h11-12,14-16,19-20,24,26-28H,9-10,13H2,1-8H3,(H2,31,36)(H,32,35)/b17-11+,18-12+/t16-,19-,20-,24-,26+,27+,28+/m0/s1. The maximum atomic E-state index is 13.4. The summed E-state index contributed by atoms with van der Waals surface area (Å²) in [6.45, 7) is 9.36. The van der Waals surface area contributed by atoms with Crippen LogP contribution in [-0.2, 0) is 33.3 Å². The van der Waals surface area contributed by atoms with E-state index in [9.17, 15) is 19.2 Å². The SMILES string of the molecule is CO[C@H]1[C@@H](OC)C[C@H](C)[C@@H](OC)C2=CC(=O)C=C(NC(=O)/C(C)=C/CC[C@H](C)[C@@H](OC(N)=O)/C(C)=C/[C@@H]1C)C2=O. The van der Waals surface area contributed by atoms with Gasteiger partial charge in [0.25, 0.3) is 5.91 Å². The number of rotatable bonds is 4. The average molecular weight is 561 g/mol. The Morgan fingerprint density at radius 3 is 2.20 bits per heavy atom. The Balaban J connectivity index is 2.57. The van der Waals surface area contributed by atoms with Gasteiger partial charge in [0.15, 0.2) is 5.78 Å². The van der Waals surface area contributed by atoms with Crippen LogP contribution < -0.4 is 11.1 Å². The van der Waals surface area contributed by atoms with E-state index in [-0.39, 0.29) is 35.1 Å². The van der Waals surface area contributed by atoms with Crippen molar-refractivity contribution in [3.63, 3.8) is 0 Å². The summed E-state index contributed by atoms with van der Waals surface area (Å²) in [5.74, 6) is -1.89. The van der Waals surface area contributed by atoms with Crippen LogP contribution in [0.3, 0.4) is 0 Å². The molecule has 1 aliphatic carbocycles. The van der Waals surface area contributed by atoms with Gasteiger partial charge in [0.2, 0.25) is 5.78 Å². The number of hydrogen-bond donors (Lipinski definition) is 2. The third-order valence-electron chi connectivity index (χ3n) is 7.65. The molecule has 0 radical (unpaired) electrons. The Bertz CT molecular complexity index is 1090. The first-order chi connectivity index (χ1) is 18.8. The van der Waals surface area contributed by atoms with Crippen LogP contribution in [0, 0.1) is 17.8 Å². The molecule has 10 heteroatoms. The molecule has 0 saturated carbocycles. The predicted molar refractivity (Wildman–Crippen MR) is 150 cm³/mol. The van der Waals surface area contributed by atoms with Gasteiger partial charge in [-0.3, -0.25) is 14.4 Å². The molecule has 3 N–H and O–H groups in total. The third-order valence-corrected chi connectivity index (χ3v) is 7.65. The molecule has 1 heterocycles. The maximum absolute atomic E-state index is 13.4. The Morgan fingerprint density at radius 2 is 1.62 bits per heavy atom. The average Bonchev–Trinajstić information content (AvgIpc) is 2.88. The normalized spacial score (nSPS) is 34.0. The molecule has 2 aliphatic rings. The van der Waals surface area contributed by atoms with E-state index in [0.29, 0.717) is 24.8 Å². The molecule has 2 amide bonds. The number of methoxy groups -OCH3 is 3. The lowest BCUT2D eigenvalue weighted by molar-refractivity contribution is -0.120. The largest absolute Gasteiger partial charge is 0.442 e. The second kappa shape index (κ2) is 15.1. The number of nitrogens with two attached hydrogens (primary N) is 1. The first-order valence-electron chi connectivity index (χ1n) is 13.6. The van der Waals surface area contributed by atoms with Gasteiger partial charge in [-0.25, -0.2) is 4.79 Å². The zero-order valence-corrected chi connectivity index (χ0v) is 24.8. The maximum Gasteiger partial charge on any atom is 0.405 e. The minimum atomic E-state index is -0.868. The first-order valence-corrected chi connectivity index (χ1v) is 13.6. The number of carbonyl (C=O) groups excluding carboxylic acids is 4. The van der Waals surface area contributed by atoms with Crippen molar-refractivity contribution >= 4 is 23.6 Å². The summed E-state index contributed by atoms with van der Waals surface area (Å²) in [5, 5.41) is 2.59. The summed E-state index contributed by atoms with van der Waals surface area (Å²) >= 11 is 0. The minimum absolute atomic E-state index is 0.0952. The highest BCUT2D eigenvalue weighted by Crippen LogP contribution is 2.30. The lowest BCUT2D eigenvalue weighted by atomic mass is 9.83. The Morgan fingerprint density at radius 1 is 0.950 bits per heavy atom. The molecule has 222 valence electrons. The van der Waals surface area contributed by atoms with E-state index in [1.165, 1.54) is 13.2 Å². The zero-order valence-electron chi connectivity index (χ0n) is 24.8. The molecule has 0 saturated heterocycles. The fraction of sp³-hybridized carbons (Fsp3) is 0.600. The summed E-state index contributed by atoms with van der Waals surface area (Å²) in [6.07, 6.45) is 4.72. The summed E-state index contributed by atoms with van der Waals surface area (Å²) in [7, 11) is 4.67. The van der Waals surface area contributed by atoms with Crippen LogP contribution in [0.1, 0.15) is 53.9 Å². The summed E-state index contributed by atoms with van der Waals surface area (Å²) in [5.41, 5.74) is 6.69. The highest BCUT2D eigenvalue weighted by Gasteiger charge is 2.36. The van der Waals surface area contributed by atoms with E-state index >= 15 is 0 Å². The van der Waals surface area contributed by atoms with Crippen LogP contribution in [0.4, 0.5) is 4.79 Å². The van der Waals surface area contributed by atoms with E-state index in [0.717, 1.165) is 11.6 Å². The van der Waals surface area contributed by atoms with Crippen molar-refractivity contribution in [1.82, 2.24) is 5.32 Å². The first kappa shape index (κ1) is 33.1. The van der Waals surface area contributed by atoms with Crippen LogP contribution >= 0.6 is 0 Å². The number of hydrogen-bond acceptors (Lipinski definition) is 8. The molecular weight excluding hydrogens is 516 g/mol. The highest BCUT2D eigenvalue weighted by atomic mass is 16.6. The van der Waals surface area contributed by atoms with Gasteiger partial charge >= 0.3 is 6.09 Å². The number of fused-ring (bicyclic) bond motifs is 2. The molecule has 1 aliphatic heterocycles. The number of carbonyl (C=O) groups is 4. The van der Waals surface area contributed by atoms with E-state index in [2.05, 4.69) is 5.32 Å².